The molecule has 0 aliphatic carbocycles. The summed E-state index contributed by atoms with van der Waals surface area (Å²) in [6.45, 7) is 2.64. The molecule has 0 saturated heterocycles. The average molecular weight is 435 g/mol. The molecule has 7 heteroatoms. The van der Waals surface area contributed by atoms with Crippen LogP contribution >= 0.6 is 11.6 Å². The molecule has 0 aliphatic rings. The predicted molar refractivity (Wildman–Crippen MR) is 118 cm³/mol. The summed E-state index contributed by atoms with van der Waals surface area (Å²) < 4.78 is 11.2. The second-order valence-electron chi connectivity index (χ2n) is 7.48. The summed E-state index contributed by atoms with van der Waals surface area (Å²) in [4.78, 5) is 12.7. The van der Waals surface area contributed by atoms with Gasteiger partial charge in [0.25, 0.3) is 0 Å². The molecule has 3 aromatic rings. The molecule has 0 radical (unpaired) electrons. The lowest BCUT2D eigenvalue weighted by Gasteiger charge is -2.11. The topological polar surface area (TPSA) is 100 Å². The summed E-state index contributed by atoms with van der Waals surface area (Å²) in [5.41, 5.74) is -0.837. The third-order valence-electron chi connectivity index (χ3n) is 5.22. The zero-order valence-electron chi connectivity index (χ0n) is 17.0. The van der Waals surface area contributed by atoms with Crippen molar-refractivity contribution in [3.05, 3.63) is 33.4 Å². The zero-order chi connectivity index (χ0) is 21.7. The molecule has 3 N–H and O–H groups in total. The Morgan fingerprint density at radius 1 is 0.867 bits per heavy atom. The molecule has 0 atom stereocenters. The maximum atomic E-state index is 12.7. The Balaban J connectivity index is 1.73. The second-order valence-corrected chi connectivity index (χ2v) is 7.88. The second kappa shape index (κ2) is 9.94. The van der Waals surface area contributed by atoms with Crippen LogP contribution in [0.2, 0.25) is 5.02 Å². The maximum Gasteiger partial charge on any atom is 0.203 e. The lowest BCUT2D eigenvalue weighted by atomic mass is 10.1. The normalized spacial score (nSPS) is 11.4. The van der Waals surface area contributed by atoms with E-state index < -0.39 is 16.9 Å². The van der Waals surface area contributed by atoms with E-state index >= 15 is 0 Å². The van der Waals surface area contributed by atoms with E-state index in [9.17, 15) is 20.1 Å². The first kappa shape index (κ1) is 22.1. The summed E-state index contributed by atoms with van der Waals surface area (Å²) in [6.07, 6.45) is 9.38. The van der Waals surface area contributed by atoms with Gasteiger partial charge in [0.15, 0.2) is 22.7 Å². The molecule has 6 nitrogen and oxygen atoms in total. The number of phenolic OH excluding ortho intramolecular Hbond substituents is 3. The molecular weight excluding hydrogens is 408 g/mol. The lowest BCUT2D eigenvalue weighted by Crippen LogP contribution is -2.04. The van der Waals surface area contributed by atoms with Crippen LogP contribution in [0.4, 0.5) is 0 Å². The number of phenols is 3. The number of halogens is 1. The third kappa shape index (κ3) is 4.59. The van der Waals surface area contributed by atoms with Gasteiger partial charge >= 0.3 is 0 Å². The number of rotatable bonds is 10. The molecule has 3 rings (SSSR count). The molecule has 1 aromatic heterocycles. The first-order valence-electron chi connectivity index (χ1n) is 10.4. The van der Waals surface area contributed by atoms with Crippen molar-refractivity contribution >= 4 is 33.5 Å². The van der Waals surface area contributed by atoms with Gasteiger partial charge in [-0.2, -0.15) is 0 Å². The van der Waals surface area contributed by atoms with E-state index in [0.717, 1.165) is 19.3 Å². The van der Waals surface area contributed by atoms with E-state index in [0.29, 0.717) is 6.61 Å². The summed E-state index contributed by atoms with van der Waals surface area (Å²) in [6, 6.07) is 4.25. The molecule has 2 aromatic carbocycles. The minimum atomic E-state index is -0.652. The molecule has 0 fully saturated rings. The van der Waals surface area contributed by atoms with Crippen molar-refractivity contribution in [2.45, 2.75) is 58.3 Å². The molecule has 0 saturated carbocycles. The van der Waals surface area contributed by atoms with Crippen molar-refractivity contribution in [1.82, 2.24) is 0 Å². The molecule has 162 valence electrons. The van der Waals surface area contributed by atoms with E-state index in [1.54, 1.807) is 0 Å². The van der Waals surface area contributed by atoms with Gasteiger partial charge in [0, 0.05) is 0 Å². The van der Waals surface area contributed by atoms with Gasteiger partial charge in [0.2, 0.25) is 16.9 Å². The number of aromatic hydroxyl groups is 3. The smallest absolute Gasteiger partial charge is 0.203 e. The Hall–Kier alpha value is -2.60. The van der Waals surface area contributed by atoms with Crippen molar-refractivity contribution in [3.63, 3.8) is 0 Å². The van der Waals surface area contributed by atoms with Gasteiger partial charge in [-0.05, 0) is 24.6 Å². The maximum absolute atomic E-state index is 12.7. The Morgan fingerprint density at radius 2 is 1.50 bits per heavy atom. The molecule has 30 heavy (non-hydrogen) atoms. The Bertz CT molecular complexity index is 1090. The highest BCUT2D eigenvalue weighted by molar-refractivity contribution is 6.33. The van der Waals surface area contributed by atoms with E-state index in [-0.39, 0.29) is 38.5 Å². The fourth-order valence-electron chi connectivity index (χ4n) is 3.50. The van der Waals surface area contributed by atoms with Crippen LogP contribution in [0, 0.1) is 0 Å². The minimum absolute atomic E-state index is 0.00908. The van der Waals surface area contributed by atoms with Crippen molar-refractivity contribution in [3.8, 4) is 23.0 Å². The highest BCUT2D eigenvalue weighted by Gasteiger charge is 2.20. The monoisotopic (exact) mass is 434 g/mol. The van der Waals surface area contributed by atoms with Gasteiger partial charge in [-0.15, -0.1) is 0 Å². The van der Waals surface area contributed by atoms with Crippen LogP contribution in [0.25, 0.3) is 21.9 Å². The van der Waals surface area contributed by atoms with Crippen molar-refractivity contribution in [2.24, 2.45) is 0 Å². The standard InChI is InChI=1S/C23H27ClO6/c1-2-3-4-5-6-7-8-9-12-29-17-11-10-14-18(25)15-13-16(24)19(26)21(28)23(15)30-22(14)20(17)27/h10-11,13,26-28H,2-9,12H2,1H3. The number of hydrogen-bond acceptors (Lipinski definition) is 6. The first-order valence-corrected chi connectivity index (χ1v) is 10.8. The summed E-state index contributed by atoms with van der Waals surface area (Å²) in [7, 11) is 0. The van der Waals surface area contributed by atoms with Crippen molar-refractivity contribution in [1.29, 1.82) is 0 Å². The molecule has 0 unspecified atom stereocenters. The van der Waals surface area contributed by atoms with Gasteiger partial charge in [-0.25, -0.2) is 0 Å². The Morgan fingerprint density at radius 3 is 2.20 bits per heavy atom. The van der Waals surface area contributed by atoms with Gasteiger partial charge in [-0.3, -0.25) is 4.79 Å². The van der Waals surface area contributed by atoms with Crippen molar-refractivity contribution < 1.29 is 24.5 Å². The number of fused-ring (bicyclic) bond motifs is 2. The molecular formula is C23H27ClO6. The van der Waals surface area contributed by atoms with Crippen LogP contribution in [0.1, 0.15) is 58.3 Å². The van der Waals surface area contributed by atoms with Crippen LogP contribution in [0.5, 0.6) is 23.0 Å². The van der Waals surface area contributed by atoms with Gasteiger partial charge in [0.05, 0.1) is 22.4 Å². The Labute approximate surface area is 179 Å². The fourth-order valence-corrected chi connectivity index (χ4v) is 3.70. The highest BCUT2D eigenvalue weighted by Crippen LogP contribution is 2.42. The van der Waals surface area contributed by atoms with E-state index in [1.165, 1.54) is 50.3 Å². The number of unbranched alkanes of at least 4 members (excludes halogenated alkanes) is 7. The molecule has 1 heterocycles. The number of hydrogen-bond donors (Lipinski definition) is 3. The zero-order valence-corrected chi connectivity index (χ0v) is 17.8. The molecule has 0 amide bonds. The van der Waals surface area contributed by atoms with E-state index in [2.05, 4.69) is 6.92 Å². The third-order valence-corrected chi connectivity index (χ3v) is 5.51. The Kier molecular flexibility index (Phi) is 7.32. The van der Waals surface area contributed by atoms with Crippen LogP contribution < -0.4 is 10.2 Å². The van der Waals surface area contributed by atoms with E-state index in [4.69, 9.17) is 20.8 Å². The number of benzene rings is 2. The van der Waals surface area contributed by atoms with Gasteiger partial charge in [0.1, 0.15) is 0 Å². The van der Waals surface area contributed by atoms with Gasteiger partial charge in [-0.1, -0.05) is 63.5 Å². The molecule has 0 bridgehead atoms. The van der Waals surface area contributed by atoms with Crippen LogP contribution in [0.3, 0.4) is 0 Å². The highest BCUT2D eigenvalue weighted by atomic mass is 35.5. The summed E-state index contributed by atoms with van der Waals surface area (Å²) in [5, 5.41) is 30.4. The van der Waals surface area contributed by atoms with Crippen LogP contribution in [-0.4, -0.2) is 21.9 Å². The first-order chi connectivity index (χ1) is 14.5. The molecule has 0 aliphatic heterocycles. The quantitative estimate of drug-likeness (QED) is 0.198. The van der Waals surface area contributed by atoms with Crippen LogP contribution in [0.15, 0.2) is 27.4 Å². The number of ether oxygens (including phenoxy) is 1. The van der Waals surface area contributed by atoms with Crippen LogP contribution in [-0.2, 0) is 0 Å². The minimum Gasteiger partial charge on any atom is -0.503 e. The predicted octanol–water partition coefficient (Wildman–Crippen LogP) is 6.24. The van der Waals surface area contributed by atoms with Gasteiger partial charge < -0.3 is 24.5 Å². The summed E-state index contributed by atoms with van der Waals surface area (Å²) in [5.74, 6) is -1.36. The average Bonchev–Trinajstić information content (AvgIpc) is 2.73. The van der Waals surface area contributed by atoms with E-state index in [1.807, 2.05) is 0 Å². The summed E-state index contributed by atoms with van der Waals surface area (Å²) >= 11 is 5.84. The largest absolute Gasteiger partial charge is 0.503 e. The fraction of sp³-hybridized carbons (Fsp3) is 0.435. The SMILES string of the molecule is CCCCCCCCCCOc1ccc2c(=O)c3cc(Cl)c(O)c(O)c3oc2c1O. The molecule has 0 spiro atoms. The lowest BCUT2D eigenvalue weighted by molar-refractivity contribution is 0.288. The van der Waals surface area contributed by atoms with Crippen molar-refractivity contribution in [2.75, 3.05) is 6.61 Å².